The zero-order valence-electron chi connectivity index (χ0n) is 7.89. The number of nitrogens with zero attached hydrogens (tertiary/aromatic N) is 4. The van der Waals surface area contributed by atoms with E-state index in [1.807, 2.05) is 6.92 Å². The lowest BCUT2D eigenvalue weighted by atomic mass is 10.4. The number of hydrogen-bond donors (Lipinski definition) is 1. The van der Waals surface area contributed by atoms with Gasteiger partial charge in [0.05, 0.1) is 0 Å². The predicted octanol–water partition coefficient (Wildman–Crippen LogP) is -0.611. The minimum atomic E-state index is -0.804. The Kier molecular flexibility index (Phi) is 3.35. The molecule has 0 aliphatic rings. The van der Waals surface area contributed by atoms with Crippen molar-refractivity contribution in [3.63, 3.8) is 0 Å². The van der Waals surface area contributed by atoms with Crippen molar-refractivity contribution in [2.45, 2.75) is 13.0 Å². The smallest absolute Gasteiger partial charge is 0.242 e. The molecular weight excluding hydrogens is 190 g/mol. The van der Waals surface area contributed by atoms with Crippen molar-refractivity contribution in [3.05, 3.63) is 0 Å². The van der Waals surface area contributed by atoms with E-state index in [1.165, 1.54) is 4.68 Å². The molecule has 1 aromatic heterocycles. The summed E-state index contributed by atoms with van der Waals surface area (Å²) in [5.74, 6) is 1.19. The van der Waals surface area contributed by atoms with Gasteiger partial charge in [-0.15, -0.1) is 0 Å². The number of aryl methyl sites for hydroxylation is 1. The Bertz CT molecular complexity index is 299. The van der Waals surface area contributed by atoms with Crippen LogP contribution in [0.1, 0.15) is 6.92 Å². The maximum Gasteiger partial charge on any atom is 0.242 e. The molecule has 2 unspecified atom stereocenters. The quantitative estimate of drug-likeness (QED) is 0.706. The van der Waals surface area contributed by atoms with Crippen LogP contribution in [0.5, 0.6) is 0 Å². The Morgan fingerprint density at radius 3 is 2.85 bits per heavy atom. The lowest BCUT2D eigenvalue weighted by molar-refractivity contribution is 0.680. The number of aromatic nitrogens is 4. The molecule has 1 rings (SSSR count). The lowest BCUT2D eigenvalue weighted by Crippen LogP contribution is -2.24. The van der Waals surface area contributed by atoms with Crippen molar-refractivity contribution in [2.24, 2.45) is 7.05 Å². The van der Waals surface area contributed by atoms with Crippen LogP contribution >= 0.6 is 0 Å². The molecule has 0 fully saturated rings. The van der Waals surface area contributed by atoms with Gasteiger partial charge in [-0.05, 0) is 17.4 Å². The molecule has 0 saturated heterocycles. The third kappa shape index (κ3) is 3.10. The minimum absolute atomic E-state index is 0.107. The summed E-state index contributed by atoms with van der Waals surface area (Å²) in [5, 5.41) is 14.0. The highest BCUT2D eigenvalue weighted by molar-refractivity contribution is 7.84. The molecule has 0 spiro atoms. The Labute approximate surface area is 79.2 Å². The van der Waals surface area contributed by atoms with Gasteiger partial charge < -0.3 is 5.32 Å². The van der Waals surface area contributed by atoms with Crippen LogP contribution in [0.4, 0.5) is 5.95 Å². The largest absolute Gasteiger partial charge is 0.350 e. The van der Waals surface area contributed by atoms with Crippen molar-refractivity contribution in [3.8, 4) is 0 Å². The fraction of sp³-hybridized carbons (Fsp3) is 0.833. The van der Waals surface area contributed by atoms with Gasteiger partial charge in [0.15, 0.2) is 0 Å². The van der Waals surface area contributed by atoms with E-state index in [9.17, 15) is 4.21 Å². The second-order valence-corrected chi connectivity index (χ2v) is 4.39. The van der Waals surface area contributed by atoms with Crippen LogP contribution in [0.25, 0.3) is 0 Å². The molecule has 2 atom stereocenters. The van der Waals surface area contributed by atoms with Crippen LogP contribution in [0, 0.1) is 0 Å². The summed E-state index contributed by atoms with van der Waals surface area (Å²) in [4.78, 5) is 0. The van der Waals surface area contributed by atoms with E-state index in [0.717, 1.165) is 0 Å². The summed E-state index contributed by atoms with van der Waals surface area (Å²) >= 11 is 0. The first-order valence-corrected chi connectivity index (χ1v) is 5.61. The number of anilines is 1. The van der Waals surface area contributed by atoms with Gasteiger partial charge in [0.1, 0.15) is 0 Å². The van der Waals surface area contributed by atoms with Crippen molar-refractivity contribution >= 4 is 16.7 Å². The Morgan fingerprint density at radius 2 is 2.38 bits per heavy atom. The summed E-state index contributed by atoms with van der Waals surface area (Å²) in [5.41, 5.74) is 0. The number of tetrazole rings is 1. The monoisotopic (exact) mass is 203 g/mol. The third-order valence-corrected chi connectivity index (χ3v) is 2.45. The summed E-state index contributed by atoms with van der Waals surface area (Å²) in [6.45, 7) is 1.94. The second kappa shape index (κ2) is 4.31. The van der Waals surface area contributed by atoms with Gasteiger partial charge in [-0.25, -0.2) is 4.68 Å². The summed E-state index contributed by atoms with van der Waals surface area (Å²) < 4.78 is 12.4. The van der Waals surface area contributed by atoms with Crippen LogP contribution in [-0.4, -0.2) is 42.5 Å². The topological polar surface area (TPSA) is 72.7 Å². The van der Waals surface area contributed by atoms with Crippen LogP contribution in [-0.2, 0) is 17.8 Å². The molecule has 6 nitrogen and oxygen atoms in total. The SMILES string of the molecule is CC(CS(C)=O)Nc1nnnn1C. The molecular formula is C6H13N5OS. The molecule has 0 bridgehead atoms. The first-order valence-electron chi connectivity index (χ1n) is 3.88. The fourth-order valence-corrected chi connectivity index (χ4v) is 1.75. The highest BCUT2D eigenvalue weighted by Gasteiger charge is 2.07. The van der Waals surface area contributed by atoms with Crippen LogP contribution < -0.4 is 5.32 Å². The molecule has 0 amide bonds. The molecule has 1 N–H and O–H groups in total. The van der Waals surface area contributed by atoms with E-state index >= 15 is 0 Å². The molecule has 0 aromatic carbocycles. The van der Waals surface area contributed by atoms with Crippen molar-refractivity contribution in [1.29, 1.82) is 0 Å². The highest BCUT2D eigenvalue weighted by atomic mass is 32.2. The van der Waals surface area contributed by atoms with Gasteiger partial charge >= 0.3 is 0 Å². The van der Waals surface area contributed by atoms with Crippen LogP contribution in [0.15, 0.2) is 0 Å². The van der Waals surface area contributed by atoms with E-state index < -0.39 is 10.8 Å². The minimum Gasteiger partial charge on any atom is -0.350 e. The zero-order chi connectivity index (χ0) is 9.84. The molecule has 1 heterocycles. The van der Waals surface area contributed by atoms with Gasteiger partial charge in [-0.2, -0.15) is 0 Å². The summed E-state index contributed by atoms with van der Waals surface area (Å²) in [7, 11) is 0.944. The molecule has 13 heavy (non-hydrogen) atoms. The first-order chi connectivity index (χ1) is 6.09. The van der Waals surface area contributed by atoms with Gasteiger partial charge in [0.25, 0.3) is 0 Å². The zero-order valence-corrected chi connectivity index (χ0v) is 8.71. The maximum absolute atomic E-state index is 10.9. The van der Waals surface area contributed by atoms with Crippen molar-refractivity contribution in [1.82, 2.24) is 20.2 Å². The average molecular weight is 203 g/mol. The van der Waals surface area contributed by atoms with E-state index in [2.05, 4.69) is 20.8 Å². The standard InChI is InChI=1S/C6H13N5OS/c1-5(4-13(3)12)7-6-8-9-10-11(6)2/h5H,4H2,1-3H3,(H,7,8,10). The summed E-state index contributed by atoms with van der Waals surface area (Å²) in [6, 6.07) is 0.107. The molecule has 0 saturated carbocycles. The summed E-state index contributed by atoms with van der Waals surface area (Å²) in [6.07, 6.45) is 1.67. The molecule has 1 aromatic rings. The third-order valence-electron chi connectivity index (χ3n) is 1.48. The molecule has 0 aliphatic carbocycles. The van der Waals surface area contributed by atoms with Gasteiger partial charge in [-0.3, -0.25) is 4.21 Å². The van der Waals surface area contributed by atoms with E-state index in [1.54, 1.807) is 13.3 Å². The molecule has 0 radical (unpaired) electrons. The molecule has 7 heteroatoms. The second-order valence-electron chi connectivity index (χ2n) is 2.91. The van der Waals surface area contributed by atoms with Gasteiger partial charge in [0.2, 0.25) is 5.95 Å². The maximum atomic E-state index is 10.9. The first kappa shape index (κ1) is 10.1. The molecule has 0 aliphatic heterocycles. The van der Waals surface area contributed by atoms with Crippen LogP contribution in [0.3, 0.4) is 0 Å². The predicted molar refractivity (Wildman–Crippen MR) is 50.8 cm³/mol. The van der Waals surface area contributed by atoms with E-state index in [4.69, 9.17) is 0 Å². The van der Waals surface area contributed by atoms with Crippen molar-refractivity contribution in [2.75, 3.05) is 17.3 Å². The lowest BCUT2D eigenvalue weighted by Gasteiger charge is -2.10. The van der Waals surface area contributed by atoms with E-state index in [0.29, 0.717) is 11.7 Å². The average Bonchev–Trinajstić information content (AvgIpc) is 2.34. The van der Waals surface area contributed by atoms with Gasteiger partial charge in [-0.1, -0.05) is 5.10 Å². The normalized spacial score (nSPS) is 15.3. The fourth-order valence-electron chi connectivity index (χ4n) is 0.966. The Morgan fingerprint density at radius 1 is 1.69 bits per heavy atom. The Balaban J connectivity index is 2.49. The Hall–Kier alpha value is -0.980. The van der Waals surface area contributed by atoms with Crippen molar-refractivity contribution < 1.29 is 4.21 Å². The highest BCUT2D eigenvalue weighted by Crippen LogP contribution is 1.99. The number of hydrogen-bond acceptors (Lipinski definition) is 5. The van der Waals surface area contributed by atoms with E-state index in [-0.39, 0.29) is 6.04 Å². The van der Waals surface area contributed by atoms with Crippen LogP contribution in [0.2, 0.25) is 0 Å². The number of rotatable bonds is 4. The molecule has 74 valence electrons. The van der Waals surface area contributed by atoms with Gasteiger partial charge in [0, 0.05) is 35.9 Å². The number of nitrogens with one attached hydrogen (secondary N) is 1.